The minimum Gasteiger partial charge on any atom is -0.497 e. The number of aromatic nitrogens is 3. The summed E-state index contributed by atoms with van der Waals surface area (Å²) in [6.07, 6.45) is 0. The number of nitrogens with zero attached hydrogens (tertiary/aromatic N) is 3. The molecule has 2 heterocycles. The molecular weight excluding hydrogens is 404 g/mol. The summed E-state index contributed by atoms with van der Waals surface area (Å²) in [5.74, 6) is 1.97. The van der Waals surface area contributed by atoms with E-state index in [4.69, 9.17) is 9.47 Å². The van der Waals surface area contributed by atoms with Crippen LogP contribution in [0.4, 0.5) is 5.69 Å². The molecule has 1 amide bonds. The van der Waals surface area contributed by atoms with Gasteiger partial charge in [0.1, 0.15) is 11.5 Å². The zero-order valence-electron chi connectivity index (χ0n) is 16.5. The third-order valence-corrected chi connectivity index (χ3v) is 5.61. The first-order valence-electron chi connectivity index (χ1n) is 9.39. The van der Waals surface area contributed by atoms with E-state index in [0.717, 1.165) is 17.1 Å². The van der Waals surface area contributed by atoms with E-state index < -0.39 is 0 Å². The molecule has 9 heteroatoms. The third kappa shape index (κ3) is 4.02. The minimum atomic E-state index is -0.233. The molecule has 0 spiro atoms. The Balaban J connectivity index is 1.48. The molecule has 1 N–H and O–H groups in total. The maximum Gasteiger partial charge on any atom is 0.262 e. The van der Waals surface area contributed by atoms with Crippen molar-refractivity contribution >= 4 is 29.1 Å². The van der Waals surface area contributed by atoms with Crippen LogP contribution in [-0.4, -0.2) is 45.9 Å². The Bertz CT molecular complexity index is 1090. The fraction of sp³-hybridized carbons (Fsp3) is 0.238. The molecule has 0 unspecified atom stereocenters. The van der Waals surface area contributed by atoms with Crippen LogP contribution in [0.3, 0.4) is 0 Å². The van der Waals surface area contributed by atoms with Crippen molar-refractivity contribution in [2.75, 3.05) is 24.8 Å². The molecule has 1 aromatic heterocycles. The molecule has 0 radical (unpaired) electrons. The maximum atomic E-state index is 12.7. The van der Waals surface area contributed by atoms with Crippen molar-refractivity contribution in [3.05, 3.63) is 48.0 Å². The maximum absolute atomic E-state index is 12.7. The van der Waals surface area contributed by atoms with Crippen LogP contribution in [0.1, 0.15) is 17.3 Å². The minimum absolute atomic E-state index is 0.0145. The Morgan fingerprint density at radius 3 is 2.77 bits per heavy atom. The summed E-state index contributed by atoms with van der Waals surface area (Å²) in [4.78, 5) is 24.2. The van der Waals surface area contributed by atoms with Gasteiger partial charge in [-0.05, 0) is 49.4 Å². The highest BCUT2D eigenvalue weighted by molar-refractivity contribution is 7.99. The van der Waals surface area contributed by atoms with Crippen LogP contribution in [0.5, 0.6) is 11.5 Å². The number of carbonyl (C=O) groups excluding carboxylic acids is 2. The van der Waals surface area contributed by atoms with Crippen molar-refractivity contribution in [1.29, 1.82) is 0 Å². The number of ether oxygens (including phenoxy) is 2. The van der Waals surface area contributed by atoms with Crippen LogP contribution in [0, 0.1) is 0 Å². The summed E-state index contributed by atoms with van der Waals surface area (Å²) in [5, 5.41) is 12.0. The van der Waals surface area contributed by atoms with Gasteiger partial charge in [-0.25, -0.2) is 0 Å². The highest BCUT2D eigenvalue weighted by Gasteiger charge is 2.19. The zero-order chi connectivity index (χ0) is 21.1. The van der Waals surface area contributed by atoms with E-state index in [9.17, 15) is 9.59 Å². The number of hydrogen-bond acceptors (Lipinski definition) is 7. The lowest BCUT2D eigenvalue weighted by Gasteiger charge is -2.18. The predicted molar refractivity (Wildman–Crippen MR) is 113 cm³/mol. The summed E-state index contributed by atoms with van der Waals surface area (Å²) < 4.78 is 12.5. The molecule has 30 heavy (non-hydrogen) atoms. The standard InChI is InChI=1S/C21H20N4O4S/c1-3-25-20(13-4-7-15(28-2)8-5-13)23-24-21(25)30-12-17(26)14-6-9-18-16(10-14)22-19(27)11-29-18/h4-10H,3,11-12H2,1-2H3,(H,22,27). The summed E-state index contributed by atoms with van der Waals surface area (Å²) in [6.45, 7) is 2.67. The van der Waals surface area contributed by atoms with Crippen molar-refractivity contribution in [3.8, 4) is 22.9 Å². The number of ketones is 1. The fourth-order valence-electron chi connectivity index (χ4n) is 3.10. The lowest BCUT2D eigenvalue weighted by atomic mass is 10.1. The van der Waals surface area contributed by atoms with Crippen molar-refractivity contribution in [2.24, 2.45) is 0 Å². The molecule has 3 aromatic rings. The van der Waals surface area contributed by atoms with Crippen LogP contribution >= 0.6 is 11.8 Å². The largest absolute Gasteiger partial charge is 0.497 e. The van der Waals surface area contributed by atoms with Gasteiger partial charge in [-0.1, -0.05) is 11.8 Å². The fourth-order valence-corrected chi connectivity index (χ4v) is 4.00. The number of benzene rings is 2. The zero-order valence-corrected chi connectivity index (χ0v) is 17.4. The first kappa shape index (κ1) is 20.0. The summed E-state index contributed by atoms with van der Waals surface area (Å²) in [5.41, 5.74) is 1.94. The number of anilines is 1. The van der Waals surface area contributed by atoms with E-state index in [1.807, 2.05) is 35.8 Å². The van der Waals surface area contributed by atoms with Gasteiger partial charge in [0.25, 0.3) is 5.91 Å². The molecule has 154 valence electrons. The second-order valence-electron chi connectivity index (χ2n) is 6.54. The molecule has 0 atom stereocenters. The van der Waals surface area contributed by atoms with Gasteiger partial charge in [-0.2, -0.15) is 0 Å². The van der Waals surface area contributed by atoms with Crippen LogP contribution in [0.2, 0.25) is 0 Å². The average molecular weight is 424 g/mol. The molecular formula is C21H20N4O4S. The summed E-state index contributed by atoms with van der Waals surface area (Å²) in [6, 6.07) is 12.6. The van der Waals surface area contributed by atoms with Gasteiger partial charge in [0.05, 0.1) is 18.6 Å². The van der Waals surface area contributed by atoms with Gasteiger partial charge in [0, 0.05) is 17.7 Å². The molecule has 0 aliphatic carbocycles. The molecule has 0 saturated carbocycles. The van der Waals surface area contributed by atoms with Crippen molar-refractivity contribution in [2.45, 2.75) is 18.6 Å². The lowest BCUT2D eigenvalue weighted by Crippen LogP contribution is -2.25. The van der Waals surface area contributed by atoms with Crippen LogP contribution < -0.4 is 14.8 Å². The Hall–Kier alpha value is -3.33. The second-order valence-corrected chi connectivity index (χ2v) is 7.48. The number of methoxy groups -OCH3 is 1. The van der Waals surface area contributed by atoms with Gasteiger partial charge >= 0.3 is 0 Å². The number of rotatable bonds is 7. The highest BCUT2D eigenvalue weighted by atomic mass is 32.2. The SMILES string of the molecule is CCn1c(SCC(=O)c2ccc3c(c2)NC(=O)CO3)nnc1-c1ccc(OC)cc1. The quantitative estimate of drug-likeness (QED) is 0.459. The number of fused-ring (bicyclic) bond motifs is 1. The first-order valence-corrected chi connectivity index (χ1v) is 10.4. The second kappa shape index (κ2) is 8.58. The van der Waals surface area contributed by atoms with E-state index in [1.54, 1.807) is 25.3 Å². The van der Waals surface area contributed by atoms with Crippen LogP contribution in [-0.2, 0) is 11.3 Å². The van der Waals surface area contributed by atoms with Crippen LogP contribution in [0.25, 0.3) is 11.4 Å². The Labute approximate surface area is 177 Å². The van der Waals surface area contributed by atoms with E-state index in [1.165, 1.54) is 11.8 Å². The average Bonchev–Trinajstić information content (AvgIpc) is 3.19. The van der Waals surface area contributed by atoms with Gasteiger partial charge in [0.2, 0.25) is 0 Å². The number of Topliss-reactive ketones (excluding diaryl/α,β-unsaturated/α-hetero) is 1. The number of carbonyl (C=O) groups is 2. The molecule has 0 bridgehead atoms. The van der Waals surface area contributed by atoms with E-state index in [0.29, 0.717) is 28.7 Å². The molecule has 0 fully saturated rings. The Kier molecular flexibility index (Phi) is 5.71. The highest BCUT2D eigenvalue weighted by Crippen LogP contribution is 2.30. The number of hydrogen-bond donors (Lipinski definition) is 1. The number of thioether (sulfide) groups is 1. The number of nitrogens with one attached hydrogen (secondary N) is 1. The molecule has 8 nitrogen and oxygen atoms in total. The lowest BCUT2D eigenvalue weighted by molar-refractivity contribution is -0.118. The van der Waals surface area contributed by atoms with Crippen molar-refractivity contribution in [1.82, 2.24) is 14.8 Å². The topological polar surface area (TPSA) is 95.3 Å². The van der Waals surface area contributed by atoms with Crippen molar-refractivity contribution in [3.63, 3.8) is 0 Å². The van der Waals surface area contributed by atoms with Gasteiger partial charge in [-0.3, -0.25) is 9.59 Å². The van der Waals surface area contributed by atoms with Gasteiger partial charge in [0.15, 0.2) is 23.4 Å². The van der Waals surface area contributed by atoms with Gasteiger partial charge < -0.3 is 19.4 Å². The summed E-state index contributed by atoms with van der Waals surface area (Å²) >= 11 is 1.33. The van der Waals surface area contributed by atoms with E-state index >= 15 is 0 Å². The van der Waals surface area contributed by atoms with E-state index in [-0.39, 0.29) is 24.1 Å². The smallest absolute Gasteiger partial charge is 0.262 e. The first-order chi connectivity index (χ1) is 14.6. The molecule has 4 rings (SSSR count). The number of amides is 1. The van der Waals surface area contributed by atoms with Crippen molar-refractivity contribution < 1.29 is 19.1 Å². The summed E-state index contributed by atoms with van der Waals surface area (Å²) in [7, 11) is 1.62. The Morgan fingerprint density at radius 2 is 2.03 bits per heavy atom. The molecule has 2 aromatic carbocycles. The Morgan fingerprint density at radius 1 is 1.23 bits per heavy atom. The van der Waals surface area contributed by atoms with E-state index in [2.05, 4.69) is 15.5 Å². The molecule has 1 aliphatic heterocycles. The predicted octanol–water partition coefficient (Wildman–Crippen LogP) is 3.28. The molecule has 0 saturated heterocycles. The monoisotopic (exact) mass is 424 g/mol. The normalized spacial score (nSPS) is 12.7. The third-order valence-electron chi connectivity index (χ3n) is 4.65. The molecule has 1 aliphatic rings. The van der Waals surface area contributed by atoms with Gasteiger partial charge in [-0.15, -0.1) is 10.2 Å². The van der Waals surface area contributed by atoms with Crippen LogP contribution in [0.15, 0.2) is 47.6 Å².